The van der Waals surface area contributed by atoms with E-state index in [1.807, 2.05) is 0 Å². The molecule has 0 aliphatic heterocycles. The van der Waals surface area contributed by atoms with Gasteiger partial charge in [-0.2, -0.15) is 0 Å². The number of unbranched alkanes of at least 4 members (excludes halogenated alkanes) is 45. The first-order chi connectivity index (χ1) is 35.2. The minimum Gasteiger partial charge on any atom is -0.462 e. The highest BCUT2D eigenvalue weighted by atomic mass is 16.6. The van der Waals surface area contributed by atoms with Crippen LogP contribution in [0.1, 0.15) is 375 Å². The summed E-state index contributed by atoms with van der Waals surface area (Å²) in [7, 11) is 0. The molecule has 0 saturated heterocycles. The van der Waals surface area contributed by atoms with Gasteiger partial charge in [0.25, 0.3) is 0 Å². The van der Waals surface area contributed by atoms with Gasteiger partial charge >= 0.3 is 17.9 Å². The van der Waals surface area contributed by atoms with Crippen molar-refractivity contribution < 1.29 is 28.6 Å². The zero-order valence-electron chi connectivity index (χ0n) is 49.6. The van der Waals surface area contributed by atoms with Crippen LogP contribution in [0.5, 0.6) is 0 Å². The Labute approximate surface area is 450 Å². The third-order valence-corrected chi connectivity index (χ3v) is 15.2. The summed E-state index contributed by atoms with van der Waals surface area (Å²) in [6.07, 6.45) is 65.4. The Bertz CT molecular complexity index is 1100. The highest BCUT2D eigenvalue weighted by molar-refractivity contribution is 5.71. The van der Waals surface area contributed by atoms with E-state index >= 15 is 0 Å². The van der Waals surface area contributed by atoms with E-state index in [0.29, 0.717) is 19.3 Å². The molecule has 428 valence electrons. The molecule has 6 heteroatoms. The zero-order chi connectivity index (χ0) is 52.5. The van der Waals surface area contributed by atoms with Crippen molar-refractivity contribution in [2.24, 2.45) is 11.8 Å². The molecule has 0 spiro atoms. The molecular weight excluding hydrogens is 889 g/mol. The minimum absolute atomic E-state index is 0.0618. The van der Waals surface area contributed by atoms with Gasteiger partial charge in [0.1, 0.15) is 13.2 Å². The van der Waals surface area contributed by atoms with Gasteiger partial charge in [-0.15, -0.1) is 0 Å². The van der Waals surface area contributed by atoms with Crippen LogP contribution in [-0.4, -0.2) is 37.2 Å². The van der Waals surface area contributed by atoms with Crippen LogP contribution >= 0.6 is 0 Å². The van der Waals surface area contributed by atoms with E-state index in [2.05, 4.69) is 34.6 Å². The van der Waals surface area contributed by atoms with Gasteiger partial charge in [0.05, 0.1) is 0 Å². The number of hydrogen-bond acceptors (Lipinski definition) is 6. The highest BCUT2D eigenvalue weighted by Crippen LogP contribution is 2.19. The Balaban J connectivity index is 4.26. The van der Waals surface area contributed by atoms with Crippen molar-refractivity contribution in [3.8, 4) is 0 Å². The Morgan fingerprint density at radius 1 is 0.264 bits per heavy atom. The number of hydrogen-bond donors (Lipinski definition) is 0. The van der Waals surface area contributed by atoms with Gasteiger partial charge in [-0.25, -0.2) is 0 Å². The lowest BCUT2D eigenvalue weighted by Crippen LogP contribution is -2.30. The molecule has 0 unspecified atom stereocenters. The molecule has 0 aromatic rings. The molecule has 0 N–H and O–H groups in total. The summed E-state index contributed by atoms with van der Waals surface area (Å²) in [4.78, 5) is 38.3. The van der Waals surface area contributed by atoms with Gasteiger partial charge in [0.15, 0.2) is 6.10 Å². The van der Waals surface area contributed by atoms with E-state index in [-0.39, 0.29) is 31.1 Å². The average molecular weight is 1020 g/mol. The molecule has 0 amide bonds. The molecule has 1 atom stereocenters. The first kappa shape index (κ1) is 70.4. The number of ether oxygens (including phenoxy) is 3. The lowest BCUT2D eigenvalue weighted by atomic mass is 10.0. The zero-order valence-corrected chi connectivity index (χ0v) is 49.6. The van der Waals surface area contributed by atoms with Crippen LogP contribution in [0.2, 0.25) is 0 Å². The standard InChI is InChI=1S/C66H128O6/c1-6-7-8-9-10-11-12-13-14-15-16-20-23-26-31-36-41-46-51-56-64(67)70-59-63(60-71-65(68)57-52-47-42-37-33-28-30-35-40-45-50-55-62(4)5)72-66(69)58-53-48-43-38-32-27-24-21-18-17-19-22-25-29-34-39-44-49-54-61(2)3/h61-63H,6-60H2,1-5H3/t63-/m0/s1. The lowest BCUT2D eigenvalue weighted by molar-refractivity contribution is -0.167. The first-order valence-electron chi connectivity index (χ1n) is 32.7. The van der Waals surface area contributed by atoms with E-state index in [1.54, 1.807) is 0 Å². The van der Waals surface area contributed by atoms with Crippen molar-refractivity contribution in [1.82, 2.24) is 0 Å². The molecule has 72 heavy (non-hydrogen) atoms. The third kappa shape index (κ3) is 59.3. The smallest absolute Gasteiger partial charge is 0.306 e. The molecule has 0 aromatic heterocycles. The highest BCUT2D eigenvalue weighted by Gasteiger charge is 2.19. The summed E-state index contributed by atoms with van der Waals surface area (Å²) in [5.74, 6) is 0.854. The van der Waals surface area contributed by atoms with Crippen molar-refractivity contribution in [1.29, 1.82) is 0 Å². The van der Waals surface area contributed by atoms with Gasteiger partial charge in [-0.3, -0.25) is 14.4 Å². The summed E-state index contributed by atoms with van der Waals surface area (Å²) in [6.45, 7) is 11.5. The van der Waals surface area contributed by atoms with Gasteiger partial charge in [0, 0.05) is 19.3 Å². The molecule has 0 aromatic carbocycles. The molecule has 0 bridgehead atoms. The van der Waals surface area contributed by atoms with Gasteiger partial charge in [0.2, 0.25) is 0 Å². The molecule has 0 saturated carbocycles. The monoisotopic (exact) mass is 1020 g/mol. The second-order valence-corrected chi connectivity index (χ2v) is 23.7. The number of rotatable bonds is 60. The van der Waals surface area contributed by atoms with E-state index in [1.165, 1.54) is 263 Å². The second-order valence-electron chi connectivity index (χ2n) is 23.7. The molecule has 0 aliphatic rings. The Morgan fingerprint density at radius 3 is 0.681 bits per heavy atom. The van der Waals surface area contributed by atoms with Crippen molar-refractivity contribution in [3.05, 3.63) is 0 Å². The average Bonchev–Trinajstić information content (AvgIpc) is 3.36. The van der Waals surface area contributed by atoms with Gasteiger partial charge < -0.3 is 14.2 Å². The first-order valence-corrected chi connectivity index (χ1v) is 32.7. The summed E-state index contributed by atoms with van der Waals surface area (Å²) in [5.41, 5.74) is 0. The Kier molecular flexibility index (Phi) is 57.4. The maximum atomic E-state index is 12.9. The minimum atomic E-state index is -0.764. The maximum Gasteiger partial charge on any atom is 0.306 e. The second kappa shape index (κ2) is 58.7. The molecule has 6 nitrogen and oxygen atoms in total. The molecular formula is C66H128O6. The summed E-state index contributed by atoms with van der Waals surface area (Å²) >= 11 is 0. The molecule has 0 heterocycles. The van der Waals surface area contributed by atoms with Crippen molar-refractivity contribution in [2.75, 3.05) is 13.2 Å². The van der Waals surface area contributed by atoms with Crippen LogP contribution in [0.15, 0.2) is 0 Å². The van der Waals surface area contributed by atoms with Crippen LogP contribution < -0.4 is 0 Å². The van der Waals surface area contributed by atoms with Crippen LogP contribution in [0, 0.1) is 11.8 Å². The van der Waals surface area contributed by atoms with E-state index in [4.69, 9.17) is 14.2 Å². The summed E-state index contributed by atoms with van der Waals surface area (Å²) in [5, 5.41) is 0. The van der Waals surface area contributed by atoms with Gasteiger partial charge in [-0.1, -0.05) is 336 Å². The number of esters is 3. The van der Waals surface area contributed by atoms with Crippen LogP contribution in [0.25, 0.3) is 0 Å². The van der Waals surface area contributed by atoms with Crippen LogP contribution in [0.4, 0.5) is 0 Å². The normalized spacial score (nSPS) is 12.0. The predicted octanol–water partition coefficient (Wildman–Crippen LogP) is 22.0. The Hall–Kier alpha value is -1.59. The van der Waals surface area contributed by atoms with E-state index < -0.39 is 6.10 Å². The maximum absolute atomic E-state index is 12.9. The Morgan fingerprint density at radius 2 is 0.458 bits per heavy atom. The van der Waals surface area contributed by atoms with E-state index in [0.717, 1.165) is 69.6 Å². The van der Waals surface area contributed by atoms with Crippen LogP contribution in [0.3, 0.4) is 0 Å². The van der Waals surface area contributed by atoms with Crippen LogP contribution in [-0.2, 0) is 28.6 Å². The quantitative estimate of drug-likeness (QED) is 0.0343. The summed E-state index contributed by atoms with van der Waals surface area (Å²) in [6, 6.07) is 0. The summed E-state index contributed by atoms with van der Waals surface area (Å²) < 4.78 is 17.0. The fourth-order valence-electron chi connectivity index (χ4n) is 10.3. The van der Waals surface area contributed by atoms with Crippen molar-refractivity contribution in [3.63, 3.8) is 0 Å². The molecule has 0 fully saturated rings. The molecule has 0 radical (unpaired) electrons. The topological polar surface area (TPSA) is 78.9 Å². The number of carbonyl (C=O) groups is 3. The molecule has 0 aliphatic carbocycles. The number of carbonyl (C=O) groups excluding carboxylic acids is 3. The fraction of sp³-hybridized carbons (Fsp3) is 0.955. The fourth-order valence-corrected chi connectivity index (χ4v) is 10.3. The van der Waals surface area contributed by atoms with Crippen molar-refractivity contribution >= 4 is 17.9 Å². The van der Waals surface area contributed by atoms with Gasteiger partial charge in [-0.05, 0) is 31.1 Å². The predicted molar refractivity (Wildman–Crippen MR) is 312 cm³/mol. The third-order valence-electron chi connectivity index (χ3n) is 15.2. The largest absolute Gasteiger partial charge is 0.462 e. The molecule has 0 rings (SSSR count). The lowest BCUT2D eigenvalue weighted by Gasteiger charge is -2.18. The SMILES string of the molecule is CCCCCCCCCCCCCCCCCCCCCC(=O)OC[C@@H](COC(=O)CCCCCCCCCCCCCC(C)C)OC(=O)CCCCCCCCCCCCCCCCCCCCC(C)C. The van der Waals surface area contributed by atoms with Crippen molar-refractivity contribution in [2.45, 2.75) is 381 Å². The van der Waals surface area contributed by atoms with E-state index in [9.17, 15) is 14.4 Å².